The molecule has 1 aliphatic heterocycles. The van der Waals surface area contributed by atoms with Crippen LogP contribution in [0.2, 0.25) is 0 Å². The Morgan fingerprint density at radius 1 is 1.33 bits per heavy atom. The maximum Gasteiger partial charge on any atom is 0.273 e. The first-order valence-electron chi connectivity index (χ1n) is 7.48. The maximum atomic E-state index is 13.5. The topological polar surface area (TPSA) is 71.8 Å². The molecule has 0 atom stereocenters. The van der Waals surface area contributed by atoms with Crippen LogP contribution in [-0.4, -0.2) is 34.0 Å². The van der Waals surface area contributed by atoms with Crippen LogP contribution in [0.15, 0.2) is 24.4 Å². The molecule has 1 fully saturated rings. The highest BCUT2D eigenvalue weighted by atomic mass is 35.5. The molecule has 0 aliphatic carbocycles. The Morgan fingerprint density at radius 3 is 2.83 bits per heavy atom. The number of amides is 1. The van der Waals surface area contributed by atoms with E-state index in [1.807, 2.05) is 0 Å². The van der Waals surface area contributed by atoms with Crippen molar-refractivity contribution in [1.29, 1.82) is 0 Å². The van der Waals surface area contributed by atoms with Gasteiger partial charge in [-0.25, -0.2) is 13.5 Å². The van der Waals surface area contributed by atoms with Crippen LogP contribution in [-0.2, 0) is 6.54 Å². The minimum atomic E-state index is -0.565. The molecule has 6 nitrogen and oxygen atoms in total. The standard InChI is InChI=1S/C15H17F2N5O.ClH/c16-11-1-2-13(17)10(7-11)8-19-15(23)14-9-22(21-20-14)12-3-5-18-6-4-12;/h1-2,7,9,12,18H,3-6,8H2,(H,19,23);1H. The van der Waals surface area contributed by atoms with E-state index in [9.17, 15) is 13.6 Å². The summed E-state index contributed by atoms with van der Waals surface area (Å²) in [6, 6.07) is 3.35. The molecular weight excluding hydrogens is 340 g/mol. The lowest BCUT2D eigenvalue weighted by Crippen LogP contribution is -2.29. The minimum Gasteiger partial charge on any atom is -0.346 e. The van der Waals surface area contributed by atoms with Crippen molar-refractivity contribution < 1.29 is 13.6 Å². The van der Waals surface area contributed by atoms with Crippen molar-refractivity contribution in [2.45, 2.75) is 25.4 Å². The summed E-state index contributed by atoms with van der Waals surface area (Å²) in [7, 11) is 0. The number of carbonyl (C=O) groups is 1. The van der Waals surface area contributed by atoms with Crippen molar-refractivity contribution in [3.8, 4) is 0 Å². The first-order valence-corrected chi connectivity index (χ1v) is 7.48. The minimum absolute atomic E-state index is 0. The van der Waals surface area contributed by atoms with Gasteiger partial charge < -0.3 is 10.6 Å². The van der Waals surface area contributed by atoms with Crippen LogP contribution in [0.5, 0.6) is 0 Å². The van der Waals surface area contributed by atoms with Crippen molar-refractivity contribution in [2.24, 2.45) is 0 Å². The van der Waals surface area contributed by atoms with Crippen molar-refractivity contribution in [3.05, 3.63) is 47.3 Å². The third-order valence-corrected chi connectivity index (χ3v) is 3.87. The van der Waals surface area contributed by atoms with E-state index in [2.05, 4.69) is 20.9 Å². The van der Waals surface area contributed by atoms with E-state index >= 15 is 0 Å². The first kappa shape index (κ1) is 18.3. The Hall–Kier alpha value is -2.06. The molecule has 0 spiro atoms. The van der Waals surface area contributed by atoms with E-state index in [0.29, 0.717) is 0 Å². The molecule has 2 aromatic rings. The fourth-order valence-corrected chi connectivity index (χ4v) is 2.58. The van der Waals surface area contributed by atoms with Crippen molar-refractivity contribution in [2.75, 3.05) is 13.1 Å². The number of halogens is 3. The molecule has 1 amide bonds. The molecular formula is C15H18ClF2N5O. The molecule has 0 bridgehead atoms. The number of aromatic nitrogens is 3. The van der Waals surface area contributed by atoms with E-state index in [1.165, 1.54) is 0 Å². The smallest absolute Gasteiger partial charge is 0.273 e. The summed E-state index contributed by atoms with van der Waals surface area (Å²) in [4.78, 5) is 12.1. The lowest BCUT2D eigenvalue weighted by atomic mass is 10.1. The molecule has 2 N–H and O–H groups in total. The van der Waals surface area contributed by atoms with Gasteiger partial charge in [-0.05, 0) is 44.1 Å². The number of piperidine rings is 1. The molecule has 0 radical (unpaired) electrons. The molecule has 0 unspecified atom stereocenters. The second-order valence-corrected chi connectivity index (χ2v) is 5.48. The zero-order valence-electron chi connectivity index (χ0n) is 12.8. The van der Waals surface area contributed by atoms with Gasteiger partial charge in [0.05, 0.1) is 12.2 Å². The highest BCUT2D eigenvalue weighted by Crippen LogP contribution is 2.17. The van der Waals surface area contributed by atoms with E-state index in [-0.39, 0.29) is 36.3 Å². The fourth-order valence-electron chi connectivity index (χ4n) is 2.58. The van der Waals surface area contributed by atoms with Crippen LogP contribution in [0.1, 0.15) is 34.9 Å². The van der Waals surface area contributed by atoms with Gasteiger partial charge in [-0.1, -0.05) is 5.21 Å². The van der Waals surface area contributed by atoms with Crippen LogP contribution < -0.4 is 10.6 Å². The lowest BCUT2D eigenvalue weighted by molar-refractivity contribution is 0.0945. The predicted molar refractivity (Wildman–Crippen MR) is 85.9 cm³/mol. The summed E-state index contributed by atoms with van der Waals surface area (Å²) in [5.74, 6) is -1.58. The molecule has 1 aliphatic rings. The van der Waals surface area contributed by atoms with Crippen molar-refractivity contribution >= 4 is 18.3 Å². The molecule has 1 saturated heterocycles. The third-order valence-electron chi connectivity index (χ3n) is 3.87. The van der Waals surface area contributed by atoms with Crippen molar-refractivity contribution in [3.63, 3.8) is 0 Å². The van der Waals surface area contributed by atoms with E-state index in [0.717, 1.165) is 44.1 Å². The summed E-state index contributed by atoms with van der Waals surface area (Å²) >= 11 is 0. The number of benzene rings is 1. The molecule has 24 heavy (non-hydrogen) atoms. The number of nitrogens with one attached hydrogen (secondary N) is 2. The van der Waals surface area contributed by atoms with E-state index in [1.54, 1.807) is 10.9 Å². The third kappa shape index (κ3) is 4.27. The van der Waals surface area contributed by atoms with Crippen LogP contribution >= 0.6 is 12.4 Å². The van der Waals surface area contributed by atoms with Gasteiger partial charge in [-0.3, -0.25) is 4.79 Å². The van der Waals surface area contributed by atoms with Gasteiger partial charge in [0.1, 0.15) is 11.6 Å². The monoisotopic (exact) mass is 357 g/mol. The molecule has 130 valence electrons. The predicted octanol–water partition coefficient (Wildman–Crippen LogP) is 1.83. The second-order valence-electron chi connectivity index (χ2n) is 5.48. The van der Waals surface area contributed by atoms with Gasteiger partial charge in [0.15, 0.2) is 5.69 Å². The van der Waals surface area contributed by atoms with Gasteiger partial charge >= 0.3 is 0 Å². The van der Waals surface area contributed by atoms with E-state index in [4.69, 9.17) is 0 Å². The summed E-state index contributed by atoms with van der Waals surface area (Å²) in [5, 5.41) is 13.6. The van der Waals surface area contributed by atoms with Crippen LogP contribution in [0, 0.1) is 11.6 Å². The first-order chi connectivity index (χ1) is 11.1. The second kappa shape index (κ2) is 8.16. The molecule has 1 aromatic carbocycles. The molecule has 2 heterocycles. The number of nitrogens with zero attached hydrogens (tertiary/aromatic N) is 3. The lowest BCUT2D eigenvalue weighted by Gasteiger charge is -2.22. The molecule has 9 heteroatoms. The maximum absolute atomic E-state index is 13.5. The van der Waals surface area contributed by atoms with Crippen LogP contribution in [0.25, 0.3) is 0 Å². The Bertz CT molecular complexity index is 703. The molecule has 1 aromatic heterocycles. The molecule has 3 rings (SSSR count). The quantitative estimate of drug-likeness (QED) is 0.875. The zero-order valence-corrected chi connectivity index (χ0v) is 13.7. The highest BCUT2D eigenvalue weighted by Gasteiger charge is 2.18. The summed E-state index contributed by atoms with van der Waals surface area (Å²) in [6.07, 6.45) is 3.45. The van der Waals surface area contributed by atoms with Crippen molar-refractivity contribution in [1.82, 2.24) is 25.6 Å². The van der Waals surface area contributed by atoms with Crippen LogP contribution in [0.4, 0.5) is 8.78 Å². The SMILES string of the molecule is Cl.O=C(NCc1cc(F)ccc1F)c1cn(C2CCNCC2)nn1. The Balaban J connectivity index is 0.00000208. The Kier molecular flexibility index (Phi) is 6.22. The van der Waals surface area contributed by atoms with E-state index < -0.39 is 17.5 Å². The van der Waals surface area contributed by atoms with Gasteiger partial charge in [0.25, 0.3) is 5.91 Å². The average molecular weight is 358 g/mol. The number of carbonyl (C=O) groups excluding carboxylic acids is 1. The van der Waals surface area contributed by atoms with Gasteiger partial charge in [0, 0.05) is 12.1 Å². The largest absolute Gasteiger partial charge is 0.346 e. The Labute approximate surface area is 144 Å². The highest BCUT2D eigenvalue weighted by molar-refractivity contribution is 5.91. The number of rotatable bonds is 4. The normalized spacial score (nSPS) is 14.9. The zero-order chi connectivity index (χ0) is 16.2. The fraction of sp³-hybridized carbons (Fsp3) is 0.400. The van der Waals surface area contributed by atoms with Gasteiger partial charge in [-0.2, -0.15) is 0 Å². The summed E-state index contributed by atoms with van der Waals surface area (Å²) < 4.78 is 28.3. The summed E-state index contributed by atoms with van der Waals surface area (Å²) in [5.41, 5.74) is 0.254. The number of hydrogen-bond acceptors (Lipinski definition) is 4. The summed E-state index contributed by atoms with van der Waals surface area (Å²) in [6.45, 7) is 1.71. The molecule has 0 saturated carbocycles. The average Bonchev–Trinajstić information content (AvgIpc) is 3.06. The Morgan fingerprint density at radius 2 is 2.08 bits per heavy atom. The van der Waals surface area contributed by atoms with Crippen LogP contribution in [0.3, 0.4) is 0 Å². The van der Waals surface area contributed by atoms with Gasteiger partial charge in [0.2, 0.25) is 0 Å². The van der Waals surface area contributed by atoms with Gasteiger partial charge in [-0.15, -0.1) is 17.5 Å². The number of hydrogen-bond donors (Lipinski definition) is 2.